The van der Waals surface area contributed by atoms with E-state index in [2.05, 4.69) is 5.10 Å². The van der Waals surface area contributed by atoms with E-state index >= 15 is 0 Å². The second-order valence-electron chi connectivity index (χ2n) is 4.22. The van der Waals surface area contributed by atoms with Gasteiger partial charge in [-0.05, 0) is 43.3 Å². The van der Waals surface area contributed by atoms with Crippen LogP contribution in [0.1, 0.15) is 6.92 Å². The van der Waals surface area contributed by atoms with Gasteiger partial charge in [0.15, 0.2) is 0 Å². The molecule has 0 aliphatic carbocycles. The molecule has 0 radical (unpaired) electrons. The first-order valence-electron chi connectivity index (χ1n) is 6.22. The Morgan fingerprint density at radius 1 is 1.11 bits per heavy atom. The molecule has 0 atom stereocenters. The summed E-state index contributed by atoms with van der Waals surface area (Å²) in [6, 6.07) is 14.9. The molecular weight excluding hydrogens is 240 g/mol. The Morgan fingerprint density at radius 3 is 2.53 bits per heavy atom. The minimum atomic E-state index is -0.0419. The third-order valence-electron chi connectivity index (χ3n) is 3.00. The van der Waals surface area contributed by atoms with Gasteiger partial charge in [-0.1, -0.05) is 12.1 Å². The standard InChI is InChI=1S/C15H14N2O2/c1-2-19-12-9-7-11(8-10-12)17-15(18)13-5-3-4-6-14(13)16-17/h3-10,16H,2H2,1H3. The van der Waals surface area contributed by atoms with Crippen molar-refractivity contribution in [3.05, 3.63) is 58.9 Å². The van der Waals surface area contributed by atoms with Crippen molar-refractivity contribution in [2.24, 2.45) is 0 Å². The van der Waals surface area contributed by atoms with Crippen LogP contribution in [0.15, 0.2) is 53.3 Å². The van der Waals surface area contributed by atoms with Crippen LogP contribution in [0.2, 0.25) is 0 Å². The molecule has 3 rings (SSSR count). The number of ether oxygens (including phenoxy) is 1. The molecule has 0 bridgehead atoms. The summed E-state index contributed by atoms with van der Waals surface area (Å²) in [5.41, 5.74) is 1.59. The highest BCUT2D eigenvalue weighted by Gasteiger charge is 2.07. The van der Waals surface area contributed by atoms with E-state index in [0.29, 0.717) is 12.0 Å². The number of benzene rings is 2. The molecular formula is C15H14N2O2. The van der Waals surface area contributed by atoms with Gasteiger partial charge >= 0.3 is 0 Å². The van der Waals surface area contributed by atoms with Crippen molar-refractivity contribution < 1.29 is 4.74 Å². The number of H-pyrrole nitrogens is 1. The minimum Gasteiger partial charge on any atom is -0.494 e. The normalized spacial score (nSPS) is 10.8. The van der Waals surface area contributed by atoms with Gasteiger partial charge in [-0.25, -0.2) is 4.68 Å². The highest BCUT2D eigenvalue weighted by Crippen LogP contribution is 2.15. The van der Waals surface area contributed by atoms with Crippen molar-refractivity contribution in [2.75, 3.05) is 6.61 Å². The predicted octanol–water partition coefficient (Wildman–Crippen LogP) is 2.72. The molecule has 3 aromatic rings. The number of nitrogens with one attached hydrogen (secondary N) is 1. The summed E-state index contributed by atoms with van der Waals surface area (Å²) in [6.07, 6.45) is 0. The van der Waals surface area contributed by atoms with E-state index in [1.54, 1.807) is 4.68 Å². The third kappa shape index (κ3) is 2.01. The Kier molecular flexibility index (Phi) is 2.83. The fourth-order valence-corrected chi connectivity index (χ4v) is 2.10. The molecule has 0 aliphatic heterocycles. The maximum absolute atomic E-state index is 12.2. The molecule has 0 spiro atoms. The number of hydrogen-bond acceptors (Lipinski definition) is 2. The van der Waals surface area contributed by atoms with Crippen LogP contribution < -0.4 is 10.3 Å². The highest BCUT2D eigenvalue weighted by molar-refractivity contribution is 5.78. The van der Waals surface area contributed by atoms with Crippen LogP contribution in [0, 0.1) is 0 Å². The average molecular weight is 254 g/mol. The van der Waals surface area contributed by atoms with Crippen molar-refractivity contribution in [1.29, 1.82) is 0 Å². The number of para-hydroxylation sites is 1. The van der Waals surface area contributed by atoms with E-state index in [0.717, 1.165) is 17.0 Å². The number of aromatic amines is 1. The minimum absolute atomic E-state index is 0.0419. The van der Waals surface area contributed by atoms with Gasteiger partial charge in [0.1, 0.15) is 5.75 Å². The lowest BCUT2D eigenvalue weighted by Crippen LogP contribution is -2.14. The predicted molar refractivity (Wildman–Crippen MR) is 75.1 cm³/mol. The summed E-state index contributed by atoms with van der Waals surface area (Å²) in [4.78, 5) is 12.2. The number of rotatable bonds is 3. The lowest BCUT2D eigenvalue weighted by Gasteiger charge is -2.04. The second kappa shape index (κ2) is 4.65. The molecule has 19 heavy (non-hydrogen) atoms. The fraction of sp³-hybridized carbons (Fsp3) is 0.133. The van der Waals surface area contributed by atoms with Crippen LogP contribution in [0.3, 0.4) is 0 Å². The van der Waals surface area contributed by atoms with Crippen LogP contribution in [0.4, 0.5) is 0 Å². The first-order chi connectivity index (χ1) is 9.29. The summed E-state index contributed by atoms with van der Waals surface area (Å²) >= 11 is 0. The van der Waals surface area contributed by atoms with Gasteiger partial charge in [0.2, 0.25) is 0 Å². The highest BCUT2D eigenvalue weighted by atomic mass is 16.5. The van der Waals surface area contributed by atoms with Gasteiger partial charge in [0.05, 0.1) is 23.2 Å². The Labute approximate surface area is 110 Å². The molecule has 1 aromatic heterocycles. The average Bonchev–Trinajstić information content (AvgIpc) is 2.78. The number of fused-ring (bicyclic) bond motifs is 1. The number of hydrogen-bond donors (Lipinski definition) is 1. The summed E-state index contributed by atoms with van der Waals surface area (Å²) in [6.45, 7) is 2.57. The van der Waals surface area contributed by atoms with Crippen LogP contribution in [-0.4, -0.2) is 16.4 Å². The summed E-state index contributed by atoms with van der Waals surface area (Å²) in [5.74, 6) is 0.801. The van der Waals surface area contributed by atoms with Crippen LogP contribution >= 0.6 is 0 Å². The van der Waals surface area contributed by atoms with Crippen LogP contribution in [0.25, 0.3) is 16.6 Å². The molecule has 0 saturated heterocycles. The van der Waals surface area contributed by atoms with Crippen LogP contribution in [0.5, 0.6) is 5.75 Å². The largest absolute Gasteiger partial charge is 0.494 e. The maximum Gasteiger partial charge on any atom is 0.279 e. The van der Waals surface area contributed by atoms with Gasteiger partial charge in [-0.15, -0.1) is 0 Å². The monoisotopic (exact) mass is 254 g/mol. The number of aromatic nitrogens is 2. The molecule has 0 aliphatic rings. The Morgan fingerprint density at radius 2 is 1.84 bits per heavy atom. The molecule has 0 saturated carbocycles. The number of nitrogens with zero attached hydrogens (tertiary/aromatic N) is 1. The van der Waals surface area contributed by atoms with Crippen molar-refractivity contribution in [2.45, 2.75) is 6.92 Å². The molecule has 4 nitrogen and oxygen atoms in total. The van der Waals surface area contributed by atoms with Gasteiger partial charge < -0.3 is 4.74 Å². The van der Waals surface area contributed by atoms with Gasteiger partial charge in [0, 0.05) is 0 Å². The lowest BCUT2D eigenvalue weighted by atomic mass is 10.2. The molecule has 96 valence electrons. The van der Waals surface area contributed by atoms with E-state index < -0.39 is 0 Å². The molecule has 4 heteroatoms. The zero-order chi connectivity index (χ0) is 13.2. The van der Waals surface area contributed by atoms with Gasteiger partial charge in [-0.3, -0.25) is 9.89 Å². The van der Waals surface area contributed by atoms with E-state index in [-0.39, 0.29) is 5.56 Å². The van der Waals surface area contributed by atoms with Crippen molar-refractivity contribution in [3.8, 4) is 11.4 Å². The van der Waals surface area contributed by atoms with E-state index in [4.69, 9.17) is 4.74 Å². The zero-order valence-corrected chi connectivity index (χ0v) is 10.6. The molecule has 2 aromatic carbocycles. The third-order valence-corrected chi connectivity index (χ3v) is 3.00. The summed E-state index contributed by atoms with van der Waals surface area (Å²) < 4.78 is 6.93. The Bertz CT molecular complexity index is 754. The van der Waals surface area contributed by atoms with Gasteiger partial charge in [0.25, 0.3) is 5.56 Å². The fourth-order valence-electron chi connectivity index (χ4n) is 2.10. The van der Waals surface area contributed by atoms with E-state index in [9.17, 15) is 4.79 Å². The lowest BCUT2D eigenvalue weighted by molar-refractivity contribution is 0.340. The van der Waals surface area contributed by atoms with Crippen LogP contribution in [-0.2, 0) is 0 Å². The SMILES string of the molecule is CCOc1ccc(-n2[nH]c3ccccc3c2=O)cc1. The first kappa shape index (κ1) is 11.6. The second-order valence-corrected chi connectivity index (χ2v) is 4.22. The van der Waals surface area contributed by atoms with Crippen molar-refractivity contribution in [3.63, 3.8) is 0 Å². The summed E-state index contributed by atoms with van der Waals surface area (Å²) in [7, 11) is 0. The first-order valence-corrected chi connectivity index (χ1v) is 6.22. The Balaban J connectivity index is 2.09. The van der Waals surface area contributed by atoms with E-state index in [1.165, 1.54) is 0 Å². The quantitative estimate of drug-likeness (QED) is 0.781. The molecule has 1 N–H and O–H groups in total. The van der Waals surface area contributed by atoms with Gasteiger partial charge in [-0.2, -0.15) is 0 Å². The molecule has 0 unspecified atom stereocenters. The Hall–Kier alpha value is -2.49. The topological polar surface area (TPSA) is 47.0 Å². The molecule has 0 amide bonds. The van der Waals surface area contributed by atoms with Crippen molar-refractivity contribution >= 4 is 10.9 Å². The molecule has 1 heterocycles. The molecule has 0 fully saturated rings. The van der Waals surface area contributed by atoms with Crippen molar-refractivity contribution in [1.82, 2.24) is 9.78 Å². The van der Waals surface area contributed by atoms with E-state index in [1.807, 2.05) is 55.5 Å². The smallest absolute Gasteiger partial charge is 0.279 e. The summed E-state index contributed by atoms with van der Waals surface area (Å²) in [5, 5.41) is 3.79. The maximum atomic E-state index is 12.2. The zero-order valence-electron chi connectivity index (χ0n) is 10.6.